The molecule has 3 heterocycles. The molecule has 1 aliphatic carbocycles. The standard InChI is InChI=1S/C31H31ClFN5O3S/c1-40-12-3-2-7-22(39)15-38-16-24-26(37-38)10-9-23-28-30(34-18-35-31(28)42-29(23)24)36-21-8-11-27(25(32)14-21)41-17-19-5-4-6-20(33)13-19/h4-6,8,11,13-14,16,18,22,39H,2-3,7,9-10,12,15,17H2,1H3,(H,34,35,36)/t22-/m1/s1. The maximum atomic E-state index is 13.5. The minimum Gasteiger partial charge on any atom is -0.487 e. The molecule has 8 nitrogen and oxygen atoms in total. The van der Waals surface area contributed by atoms with Crippen molar-refractivity contribution in [1.82, 2.24) is 19.7 Å². The lowest BCUT2D eigenvalue weighted by Gasteiger charge is -2.13. The third kappa shape index (κ3) is 6.27. The van der Waals surface area contributed by atoms with Gasteiger partial charge in [-0.3, -0.25) is 4.68 Å². The molecule has 0 amide bonds. The van der Waals surface area contributed by atoms with Gasteiger partial charge in [-0.05, 0) is 73.6 Å². The number of anilines is 2. The highest BCUT2D eigenvalue weighted by molar-refractivity contribution is 7.22. The summed E-state index contributed by atoms with van der Waals surface area (Å²) in [6.45, 7) is 1.39. The van der Waals surface area contributed by atoms with Gasteiger partial charge in [0.15, 0.2) is 0 Å². The molecule has 1 atom stereocenters. The Labute approximate surface area is 252 Å². The Morgan fingerprint density at radius 2 is 2.07 bits per heavy atom. The van der Waals surface area contributed by atoms with E-state index in [1.54, 1.807) is 49.0 Å². The van der Waals surface area contributed by atoms with Crippen molar-refractivity contribution in [3.8, 4) is 16.2 Å². The fraction of sp³-hybridized carbons (Fsp3) is 0.323. The smallest absolute Gasteiger partial charge is 0.142 e. The number of nitrogens with one attached hydrogen (secondary N) is 1. The monoisotopic (exact) mass is 607 g/mol. The summed E-state index contributed by atoms with van der Waals surface area (Å²) in [5.74, 6) is 0.919. The van der Waals surface area contributed by atoms with Gasteiger partial charge in [-0.2, -0.15) is 5.10 Å². The van der Waals surface area contributed by atoms with Crippen LogP contribution in [-0.2, 0) is 30.7 Å². The highest BCUT2D eigenvalue weighted by atomic mass is 35.5. The minimum absolute atomic E-state index is 0.212. The lowest BCUT2D eigenvalue weighted by Crippen LogP contribution is -2.16. The second kappa shape index (κ2) is 12.7. The van der Waals surface area contributed by atoms with Gasteiger partial charge in [0.1, 0.15) is 35.1 Å². The third-order valence-electron chi connectivity index (χ3n) is 7.29. The molecule has 0 spiro atoms. The maximum absolute atomic E-state index is 13.5. The first-order valence-corrected chi connectivity index (χ1v) is 15.1. The first-order valence-electron chi connectivity index (χ1n) is 13.9. The van der Waals surface area contributed by atoms with Gasteiger partial charge in [-0.15, -0.1) is 11.3 Å². The number of aliphatic hydroxyl groups excluding tert-OH is 1. The zero-order valence-corrected chi connectivity index (χ0v) is 24.7. The largest absolute Gasteiger partial charge is 0.487 e. The number of aromatic nitrogens is 4. The molecule has 6 rings (SSSR count). The molecule has 3 aromatic heterocycles. The first-order chi connectivity index (χ1) is 20.5. The Morgan fingerprint density at radius 1 is 1.17 bits per heavy atom. The number of methoxy groups -OCH3 is 1. The summed E-state index contributed by atoms with van der Waals surface area (Å²) in [7, 11) is 1.69. The van der Waals surface area contributed by atoms with Crippen LogP contribution in [0.1, 0.15) is 36.1 Å². The average Bonchev–Trinajstić information content (AvgIpc) is 3.56. The zero-order chi connectivity index (χ0) is 29.1. The number of nitrogens with zero attached hydrogens (tertiary/aromatic N) is 4. The van der Waals surface area contributed by atoms with Crippen LogP contribution in [0.4, 0.5) is 15.9 Å². The molecule has 0 fully saturated rings. The molecule has 0 unspecified atom stereocenters. The normalized spacial score (nSPS) is 13.1. The number of unbranched alkanes of at least 4 members (excludes halogenated alkanes) is 1. The van der Waals surface area contributed by atoms with Crippen LogP contribution in [0.2, 0.25) is 5.02 Å². The molecule has 0 saturated carbocycles. The molecule has 11 heteroatoms. The van der Waals surface area contributed by atoms with E-state index in [2.05, 4.69) is 15.3 Å². The number of ether oxygens (including phenoxy) is 2. The van der Waals surface area contributed by atoms with Crippen molar-refractivity contribution < 1.29 is 19.0 Å². The van der Waals surface area contributed by atoms with E-state index in [1.807, 2.05) is 16.9 Å². The summed E-state index contributed by atoms with van der Waals surface area (Å²) >= 11 is 8.18. The highest BCUT2D eigenvalue weighted by Crippen LogP contribution is 2.45. The molecular formula is C31H31ClFN5O3S. The number of rotatable bonds is 12. The number of hydrogen-bond donors (Lipinski definition) is 2. The second-order valence-corrected chi connectivity index (χ2v) is 11.8. The fourth-order valence-electron chi connectivity index (χ4n) is 5.27. The van der Waals surface area contributed by atoms with Crippen molar-refractivity contribution in [2.24, 2.45) is 0 Å². The quantitative estimate of drug-likeness (QED) is 0.148. The third-order valence-corrected chi connectivity index (χ3v) is 8.76. The van der Waals surface area contributed by atoms with E-state index >= 15 is 0 Å². The van der Waals surface area contributed by atoms with Gasteiger partial charge in [0, 0.05) is 36.0 Å². The number of aryl methyl sites for hydroxylation is 2. The Kier molecular flexibility index (Phi) is 8.66. The summed E-state index contributed by atoms with van der Waals surface area (Å²) in [5.41, 5.74) is 4.83. The first kappa shape index (κ1) is 28.5. The predicted molar refractivity (Wildman–Crippen MR) is 163 cm³/mol. The number of hydrogen-bond acceptors (Lipinski definition) is 8. The number of fused-ring (bicyclic) bond motifs is 5. The fourth-order valence-corrected chi connectivity index (χ4v) is 6.73. The summed E-state index contributed by atoms with van der Waals surface area (Å²) in [4.78, 5) is 11.2. The number of thiophene rings is 1. The van der Waals surface area contributed by atoms with Gasteiger partial charge in [0.2, 0.25) is 0 Å². The van der Waals surface area contributed by atoms with Crippen LogP contribution in [-0.4, -0.2) is 44.7 Å². The van der Waals surface area contributed by atoms with Gasteiger partial charge < -0.3 is 19.9 Å². The van der Waals surface area contributed by atoms with Crippen LogP contribution < -0.4 is 10.1 Å². The Morgan fingerprint density at radius 3 is 2.90 bits per heavy atom. The second-order valence-electron chi connectivity index (χ2n) is 10.4. The van der Waals surface area contributed by atoms with E-state index in [-0.39, 0.29) is 12.4 Å². The average molecular weight is 608 g/mol. The van der Waals surface area contributed by atoms with Crippen LogP contribution in [0.25, 0.3) is 20.7 Å². The van der Waals surface area contributed by atoms with Crippen LogP contribution >= 0.6 is 22.9 Å². The summed E-state index contributed by atoms with van der Waals surface area (Å²) in [6, 6.07) is 11.8. The van der Waals surface area contributed by atoms with E-state index in [1.165, 1.54) is 17.7 Å². The summed E-state index contributed by atoms with van der Waals surface area (Å²) in [5, 5.41) is 20.2. The number of benzene rings is 2. The molecule has 2 N–H and O–H groups in total. The molecule has 0 saturated heterocycles. The highest BCUT2D eigenvalue weighted by Gasteiger charge is 2.27. The topological polar surface area (TPSA) is 94.3 Å². The Balaban J connectivity index is 1.19. The van der Waals surface area contributed by atoms with E-state index < -0.39 is 6.10 Å². The van der Waals surface area contributed by atoms with E-state index in [0.717, 1.165) is 69.7 Å². The van der Waals surface area contributed by atoms with Gasteiger partial charge >= 0.3 is 0 Å². The van der Waals surface area contributed by atoms with Gasteiger partial charge in [0.25, 0.3) is 0 Å². The lowest BCUT2D eigenvalue weighted by atomic mass is 9.95. The molecule has 0 radical (unpaired) electrons. The van der Waals surface area contributed by atoms with E-state index in [0.29, 0.717) is 29.7 Å². The number of halogens is 2. The summed E-state index contributed by atoms with van der Waals surface area (Å²) in [6.07, 6.45) is 7.37. The number of aliphatic hydroxyl groups is 1. The molecule has 5 aromatic rings. The van der Waals surface area contributed by atoms with Crippen LogP contribution in [0.15, 0.2) is 55.0 Å². The SMILES string of the molecule is COCCCC[C@@H](O)Cn1cc2c(n1)CCc1c-2sc2ncnc(Nc3ccc(OCc4cccc(F)c4)c(Cl)c3)c12. The Hall–Kier alpha value is -3.57. The predicted octanol–water partition coefficient (Wildman–Crippen LogP) is 6.95. The molecular weight excluding hydrogens is 577 g/mol. The summed E-state index contributed by atoms with van der Waals surface area (Å²) < 4.78 is 26.3. The minimum atomic E-state index is -0.447. The van der Waals surface area contributed by atoms with E-state index in [9.17, 15) is 9.50 Å². The van der Waals surface area contributed by atoms with Gasteiger partial charge in [0.05, 0.1) is 28.8 Å². The van der Waals surface area contributed by atoms with Crippen LogP contribution in [0.3, 0.4) is 0 Å². The van der Waals surface area contributed by atoms with Crippen molar-refractivity contribution in [3.05, 3.63) is 82.6 Å². The zero-order valence-electron chi connectivity index (χ0n) is 23.1. The molecule has 42 heavy (non-hydrogen) atoms. The van der Waals surface area contributed by atoms with Gasteiger partial charge in [-0.1, -0.05) is 23.7 Å². The van der Waals surface area contributed by atoms with Crippen molar-refractivity contribution in [3.63, 3.8) is 0 Å². The molecule has 0 aliphatic heterocycles. The lowest BCUT2D eigenvalue weighted by molar-refractivity contribution is 0.129. The van der Waals surface area contributed by atoms with Crippen molar-refractivity contribution in [2.45, 2.75) is 51.4 Å². The molecule has 2 aromatic carbocycles. The molecule has 0 bridgehead atoms. The van der Waals surface area contributed by atoms with Crippen LogP contribution in [0.5, 0.6) is 5.75 Å². The van der Waals surface area contributed by atoms with Crippen LogP contribution in [0, 0.1) is 5.82 Å². The van der Waals surface area contributed by atoms with Crippen molar-refractivity contribution in [2.75, 3.05) is 19.0 Å². The molecule has 1 aliphatic rings. The molecule has 218 valence electrons. The van der Waals surface area contributed by atoms with Crippen molar-refractivity contribution in [1.29, 1.82) is 0 Å². The Bertz CT molecular complexity index is 1710. The van der Waals surface area contributed by atoms with Gasteiger partial charge in [-0.25, -0.2) is 14.4 Å². The maximum Gasteiger partial charge on any atom is 0.142 e. The van der Waals surface area contributed by atoms with E-state index in [4.69, 9.17) is 26.2 Å². The van der Waals surface area contributed by atoms with Crippen molar-refractivity contribution >= 4 is 44.7 Å².